The van der Waals surface area contributed by atoms with E-state index in [4.69, 9.17) is 11.3 Å². The van der Waals surface area contributed by atoms with Crippen molar-refractivity contribution < 1.29 is 14.4 Å². The van der Waals surface area contributed by atoms with Gasteiger partial charge in [0.25, 0.3) is 5.91 Å². The SMILES string of the molecule is C#CCON1CC(=O)NC(C)(C)C1=O. The van der Waals surface area contributed by atoms with E-state index >= 15 is 0 Å². The second-order valence-electron chi connectivity index (χ2n) is 3.49. The lowest BCUT2D eigenvalue weighted by atomic mass is 10.0. The molecule has 1 rings (SSSR count). The van der Waals surface area contributed by atoms with Crippen LogP contribution in [0.1, 0.15) is 13.8 Å². The summed E-state index contributed by atoms with van der Waals surface area (Å²) in [5.74, 6) is 1.67. The molecule has 0 aromatic heterocycles. The average molecular weight is 196 g/mol. The number of hydrogen-bond acceptors (Lipinski definition) is 3. The van der Waals surface area contributed by atoms with Crippen LogP contribution < -0.4 is 5.32 Å². The maximum atomic E-state index is 11.6. The Kier molecular flexibility index (Phi) is 2.77. The van der Waals surface area contributed by atoms with Gasteiger partial charge in [-0.2, -0.15) is 0 Å². The minimum Gasteiger partial charge on any atom is -0.340 e. The number of amides is 2. The molecule has 0 atom stereocenters. The molecular formula is C9H12N2O3. The third-order valence-electron chi connectivity index (χ3n) is 1.80. The first kappa shape index (κ1) is 10.5. The van der Waals surface area contributed by atoms with Gasteiger partial charge in [-0.3, -0.25) is 14.4 Å². The second-order valence-corrected chi connectivity index (χ2v) is 3.49. The molecule has 5 heteroatoms. The quantitative estimate of drug-likeness (QED) is 0.593. The van der Waals surface area contributed by atoms with Gasteiger partial charge in [0.05, 0.1) is 0 Å². The van der Waals surface area contributed by atoms with Gasteiger partial charge in [-0.05, 0) is 13.8 Å². The van der Waals surface area contributed by atoms with Gasteiger partial charge < -0.3 is 5.32 Å². The van der Waals surface area contributed by atoms with Gasteiger partial charge in [-0.15, -0.1) is 6.42 Å². The summed E-state index contributed by atoms with van der Waals surface area (Å²) in [6.45, 7) is 3.09. The van der Waals surface area contributed by atoms with E-state index in [0.717, 1.165) is 5.06 Å². The summed E-state index contributed by atoms with van der Waals surface area (Å²) in [7, 11) is 0. The van der Waals surface area contributed by atoms with Crippen LogP contribution in [-0.4, -0.2) is 35.6 Å². The topological polar surface area (TPSA) is 58.6 Å². The van der Waals surface area contributed by atoms with Crippen LogP contribution in [0.3, 0.4) is 0 Å². The van der Waals surface area contributed by atoms with Crippen LogP contribution in [0.15, 0.2) is 0 Å². The summed E-state index contributed by atoms with van der Waals surface area (Å²) in [5.41, 5.74) is -0.927. The van der Waals surface area contributed by atoms with Crippen molar-refractivity contribution in [2.45, 2.75) is 19.4 Å². The molecule has 1 fully saturated rings. The highest BCUT2D eigenvalue weighted by Gasteiger charge is 2.39. The first-order valence-corrected chi connectivity index (χ1v) is 4.17. The first-order chi connectivity index (χ1) is 6.47. The second kappa shape index (κ2) is 3.68. The molecule has 1 saturated heterocycles. The molecule has 2 amide bonds. The summed E-state index contributed by atoms with van der Waals surface area (Å²) in [4.78, 5) is 27.7. The van der Waals surface area contributed by atoms with Crippen molar-refractivity contribution in [3.05, 3.63) is 0 Å². The van der Waals surface area contributed by atoms with E-state index in [2.05, 4.69) is 11.2 Å². The van der Waals surface area contributed by atoms with E-state index in [9.17, 15) is 9.59 Å². The number of carbonyl (C=O) groups is 2. The highest BCUT2D eigenvalue weighted by Crippen LogP contribution is 2.12. The maximum absolute atomic E-state index is 11.6. The van der Waals surface area contributed by atoms with E-state index in [0.29, 0.717) is 0 Å². The molecule has 1 heterocycles. The lowest BCUT2D eigenvalue weighted by Crippen LogP contribution is -2.63. The minimum atomic E-state index is -0.927. The summed E-state index contributed by atoms with van der Waals surface area (Å²) < 4.78 is 0. The zero-order valence-electron chi connectivity index (χ0n) is 8.16. The number of hydroxylamine groups is 2. The van der Waals surface area contributed by atoms with Crippen molar-refractivity contribution in [2.75, 3.05) is 13.2 Å². The molecule has 1 aliphatic heterocycles. The van der Waals surface area contributed by atoms with Crippen molar-refractivity contribution >= 4 is 11.8 Å². The molecule has 0 bridgehead atoms. The van der Waals surface area contributed by atoms with Crippen molar-refractivity contribution in [3.8, 4) is 12.3 Å². The molecule has 0 aromatic rings. The van der Waals surface area contributed by atoms with Crippen molar-refractivity contribution in [3.63, 3.8) is 0 Å². The van der Waals surface area contributed by atoms with Gasteiger partial charge in [0.15, 0.2) is 0 Å². The van der Waals surface area contributed by atoms with Crippen LogP contribution in [0.5, 0.6) is 0 Å². The largest absolute Gasteiger partial charge is 0.340 e. The molecule has 0 radical (unpaired) electrons. The summed E-state index contributed by atoms with van der Waals surface area (Å²) in [6.07, 6.45) is 4.98. The van der Waals surface area contributed by atoms with Crippen LogP contribution in [0.4, 0.5) is 0 Å². The highest BCUT2D eigenvalue weighted by molar-refractivity contribution is 5.96. The fourth-order valence-corrected chi connectivity index (χ4v) is 1.17. The molecule has 1 aliphatic rings. The van der Waals surface area contributed by atoms with Crippen LogP contribution in [0.2, 0.25) is 0 Å². The Morgan fingerprint density at radius 3 is 2.86 bits per heavy atom. The maximum Gasteiger partial charge on any atom is 0.271 e. The number of carbonyl (C=O) groups excluding carboxylic acids is 2. The summed E-state index contributed by atoms with van der Waals surface area (Å²) in [5, 5.41) is 3.55. The van der Waals surface area contributed by atoms with Crippen molar-refractivity contribution in [1.82, 2.24) is 10.4 Å². The smallest absolute Gasteiger partial charge is 0.271 e. The van der Waals surface area contributed by atoms with Crippen molar-refractivity contribution in [1.29, 1.82) is 0 Å². The number of nitrogens with zero attached hydrogens (tertiary/aromatic N) is 1. The Hall–Kier alpha value is -1.54. The number of rotatable bonds is 2. The normalized spacial score (nSPS) is 20.2. The van der Waals surface area contributed by atoms with Gasteiger partial charge in [-0.25, -0.2) is 5.06 Å². The van der Waals surface area contributed by atoms with Gasteiger partial charge in [0.2, 0.25) is 5.91 Å². The van der Waals surface area contributed by atoms with Gasteiger partial charge in [0.1, 0.15) is 18.7 Å². The van der Waals surface area contributed by atoms with Gasteiger partial charge in [-0.1, -0.05) is 5.92 Å². The Labute approximate surface area is 82.4 Å². The van der Waals surface area contributed by atoms with Crippen molar-refractivity contribution in [2.24, 2.45) is 0 Å². The molecule has 5 nitrogen and oxygen atoms in total. The van der Waals surface area contributed by atoms with E-state index in [1.165, 1.54) is 0 Å². The molecule has 76 valence electrons. The molecule has 1 N–H and O–H groups in total. The lowest BCUT2D eigenvalue weighted by molar-refractivity contribution is -0.196. The van der Waals surface area contributed by atoms with E-state index < -0.39 is 5.54 Å². The Balaban J connectivity index is 2.72. The standard InChI is InChI=1S/C9H12N2O3/c1-4-5-14-11-6-7(12)10-9(2,3)8(11)13/h1H,5-6H2,2-3H3,(H,10,12). The van der Waals surface area contributed by atoms with Crippen LogP contribution in [0, 0.1) is 12.3 Å². The Bertz CT molecular complexity index is 304. The average Bonchev–Trinajstić information content (AvgIpc) is 2.08. The Morgan fingerprint density at radius 1 is 1.64 bits per heavy atom. The number of terminal acetylenes is 1. The van der Waals surface area contributed by atoms with E-state index in [1.807, 2.05) is 0 Å². The number of nitrogens with one attached hydrogen (secondary N) is 1. The molecular weight excluding hydrogens is 184 g/mol. The molecule has 0 aromatic carbocycles. The fraction of sp³-hybridized carbons (Fsp3) is 0.556. The zero-order valence-corrected chi connectivity index (χ0v) is 8.16. The number of piperazine rings is 1. The van der Waals surface area contributed by atoms with Gasteiger partial charge in [0, 0.05) is 0 Å². The van der Waals surface area contributed by atoms with Crippen LogP contribution >= 0.6 is 0 Å². The van der Waals surface area contributed by atoms with E-state index in [-0.39, 0.29) is 25.0 Å². The predicted molar refractivity (Wildman–Crippen MR) is 48.7 cm³/mol. The molecule has 0 spiro atoms. The third kappa shape index (κ3) is 2.03. The predicted octanol–water partition coefficient (Wildman–Crippen LogP) is -0.712. The fourth-order valence-electron chi connectivity index (χ4n) is 1.17. The van der Waals surface area contributed by atoms with Gasteiger partial charge >= 0.3 is 0 Å². The Morgan fingerprint density at radius 2 is 2.29 bits per heavy atom. The number of hydrogen-bond donors (Lipinski definition) is 1. The van der Waals surface area contributed by atoms with Crippen LogP contribution in [-0.2, 0) is 14.4 Å². The monoisotopic (exact) mass is 196 g/mol. The third-order valence-corrected chi connectivity index (χ3v) is 1.80. The lowest BCUT2D eigenvalue weighted by Gasteiger charge is -2.35. The molecule has 0 saturated carbocycles. The summed E-state index contributed by atoms with van der Waals surface area (Å²) >= 11 is 0. The molecule has 14 heavy (non-hydrogen) atoms. The molecule has 0 unspecified atom stereocenters. The minimum absolute atomic E-state index is 0.0187. The molecule has 0 aliphatic carbocycles. The first-order valence-electron chi connectivity index (χ1n) is 4.17. The van der Waals surface area contributed by atoms with E-state index in [1.54, 1.807) is 13.8 Å². The highest BCUT2D eigenvalue weighted by atomic mass is 16.7. The van der Waals surface area contributed by atoms with Crippen LogP contribution in [0.25, 0.3) is 0 Å². The summed E-state index contributed by atoms with van der Waals surface area (Å²) in [6, 6.07) is 0. The zero-order chi connectivity index (χ0) is 10.8.